The lowest BCUT2D eigenvalue weighted by molar-refractivity contribution is -0.120. The average molecular weight is 285 g/mol. The number of halogens is 1. The van der Waals surface area contributed by atoms with Crippen molar-refractivity contribution in [1.82, 2.24) is 5.32 Å². The number of nitrogens with one attached hydrogen (secondary N) is 1. The predicted octanol–water partition coefficient (Wildman–Crippen LogP) is 2.46. The van der Waals surface area contributed by atoms with Crippen LogP contribution in [0.5, 0.6) is 0 Å². The van der Waals surface area contributed by atoms with Crippen molar-refractivity contribution in [3.05, 3.63) is 35.4 Å². The van der Waals surface area contributed by atoms with E-state index in [1.165, 1.54) is 11.1 Å². The van der Waals surface area contributed by atoms with Gasteiger partial charge in [0.25, 0.3) is 0 Å². The van der Waals surface area contributed by atoms with Gasteiger partial charge < -0.3 is 11.1 Å². The van der Waals surface area contributed by atoms with Crippen LogP contribution in [0.15, 0.2) is 24.3 Å². The number of rotatable bonds is 8. The summed E-state index contributed by atoms with van der Waals surface area (Å²) in [6, 6.07) is 8.69. The highest BCUT2D eigenvalue weighted by Gasteiger charge is 1.99. The van der Waals surface area contributed by atoms with E-state index in [0.717, 1.165) is 38.6 Å². The number of amides is 1. The zero-order valence-electron chi connectivity index (χ0n) is 11.7. The van der Waals surface area contributed by atoms with E-state index in [4.69, 9.17) is 5.73 Å². The quantitative estimate of drug-likeness (QED) is 0.721. The van der Waals surface area contributed by atoms with E-state index < -0.39 is 0 Å². The molecule has 0 heterocycles. The fourth-order valence-electron chi connectivity index (χ4n) is 1.99. The Morgan fingerprint density at radius 3 is 2.37 bits per heavy atom. The van der Waals surface area contributed by atoms with Crippen LogP contribution in [0.25, 0.3) is 0 Å². The first-order valence-electron chi connectivity index (χ1n) is 6.74. The minimum Gasteiger partial charge on any atom is -0.359 e. The minimum atomic E-state index is 0. The number of carbonyl (C=O) groups is 1. The molecule has 1 aromatic rings. The summed E-state index contributed by atoms with van der Waals surface area (Å²) in [5.41, 5.74) is 8.24. The van der Waals surface area contributed by atoms with Crippen LogP contribution >= 0.6 is 12.4 Å². The van der Waals surface area contributed by atoms with E-state index in [1.54, 1.807) is 7.05 Å². The van der Waals surface area contributed by atoms with Crippen molar-refractivity contribution in [2.24, 2.45) is 5.73 Å². The second-order valence-corrected chi connectivity index (χ2v) is 4.59. The number of unbranched alkanes of at least 4 members (excludes halogenated alkanes) is 1. The summed E-state index contributed by atoms with van der Waals surface area (Å²) in [4.78, 5) is 11.1. The van der Waals surface area contributed by atoms with Crippen molar-refractivity contribution < 1.29 is 4.79 Å². The second-order valence-electron chi connectivity index (χ2n) is 4.59. The fraction of sp³-hybridized carbons (Fsp3) is 0.533. The molecule has 1 rings (SSSR count). The highest BCUT2D eigenvalue weighted by Crippen LogP contribution is 2.11. The van der Waals surface area contributed by atoms with E-state index in [2.05, 4.69) is 29.6 Å². The average Bonchev–Trinajstić information content (AvgIpc) is 2.41. The van der Waals surface area contributed by atoms with Crippen LogP contribution in [-0.4, -0.2) is 19.5 Å². The van der Waals surface area contributed by atoms with E-state index in [-0.39, 0.29) is 18.3 Å². The lowest BCUT2D eigenvalue weighted by Crippen LogP contribution is -2.16. The first kappa shape index (κ1) is 17.9. The van der Waals surface area contributed by atoms with Crippen LogP contribution in [0.4, 0.5) is 0 Å². The molecular weight excluding hydrogens is 260 g/mol. The summed E-state index contributed by atoms with van der Waals surface area (Å²) < 4.78 is 0. The van der Waals surface area contributed by atoms with E-state index in [0.29, 0.717) is 6.42 Å². The van der Waals surface area contributed by atoms with Crippen molar-refractivity contribution in [1.29, 1.82) is 0 Å². The second kappa shape index (κ2) is 10.8. The maximum absolute atomic E-state index is 11.1. The van der Waals surface area contributed by atoms with E-state index in [1.807, 2.05) is 0 Å². The maximum atomic E-state index is 11.1. The summed E-state index contributed by atoms with van der Waals surface area (Å²) >= 11 is 0. The van der Waals surface area contributed by atoms with Gasteiger partial charge in [-0.25, -0.2) is 0 Å². The van der Waals surface area contributed by atoms with Crippen molar-refractivity contribution in [3.63, 3.8) is 0 Å². The number of hydrogen-bond donors (Lipinski definition) is 2. The zero-order chi connectivity index (χ0) is 13.2. The molecule has 0 fully saturated rings. The van der Waals surface area contributed by atoms with Gasteiger partial charge in [-0.3, -0.25) is 4.79 Å². The third-order valence-electron chi connectivity index (χ3n) is 3.06. The molecular formula is C15H25ClN2O. The SMILES string of the molecule is CNC(=O)CCCCc1cccc(CCCN)c1.Cl. The molecule has 0 bridgehead atoms. The van der Waals surface area contributed by atoms with Gasteiger partial charge in [0.05, 0.1) is 0 Å². The third kappa shape index (κ3) is 7.85. The monoisotopic (exact) mass is 284 g/mol. The van der Waals surface area contributed by atoms with Gasteiger partial charge in [-0.05, 0) is 49.8 Å². The van der Waals surface area contributed by atoms with Crippen LogP contribution in [-0.2, 0) is 17.6 Å². The highest BCUT2D eigenvalue weighted by molar-refractivity contribution is 5.85. The molecule has 0 aliphatic rings. The maximum Gasteiger partial charge on any atom is 0.219 e. The predicted molar refractivity (Wildman–Crippen MR) is 82.7 cm³/mol. The van der Waals surface area contributed by atoms with Crippen LogP contribution in [0.2, 0.25) is 0 Å². The summed E-state index contributed by atoms with van der Waals surface area (Å²) in [5.74, 6) is 0.131. The smallest absolute Gasteiger partial charge is 0.219 e. The molecule has 0 saturated heterocycles. The number of nitrogens with two attached hydrogens (primary N) is 1. The molecule has 1 aromatic carbocycles. The summed E-state index contributed by atoms with van der Waals surface area (Å²) in [6.45, 7) is 0.746. The Morgan fingerprint density at radius 2 is 1.79 bits per heavy atom. The summed E-state index contributed by atoms with van der Waals surface area (Å²) in [7, 11) is 1.68. The topological polar surface area (TPSA) is 55.1 Å². The zero-order valence-corrected chi connectivity index (χ0v) is 12.5. The molecule has 3 N–H and O–H groups in total. The molecule has 19 heavy (non-hydrogen) atoms. The van der Waals surface area contributed by atoms with Crippen LogP contribution < -0.4 is 11.1 Å². The van der Waals surface area contributed by atoms with Gasteiger partial charge >= 0.3 is 0 Å². The standard InChI is InChI=1S/C15H24N2O.ClH/c1-17-15(18)10-3-2-6-13-7-4-8-14(12-13)9-5-11-16;/h4,7-8,12H,2-3,5-6,9-11,16H2,1H3,(H,17,18);1H. The van der Waals surface area contributed by atoms with Crippen molar-refractivity contribution >= 4 is 18.3 Å². The Hall–Kier alpha value is -1.06. The van der Waals surface area contributed by atoms with Gasteiger partial charge in [0, 0.05) is 13.5 Å². The Morgan fingerprint density at radius 1 is 1.16 bits per heavy atom. The number of carbonyl (C=O) groups excluding carboxylic acids is 1. The van der Waals surface area contributed by atoms with Crippen LogP contribution in [0.1, 0.15) is 36.8 Å². The van der Waals surface area contributed by atoms with E-state index in [9.17, 15) is 4.79 Å². The molecule has 0 radical (unpaired) electrons. The van der Waals surface area contributed by atoms with Gasteiger partial charge in [0.2, 0.25) is 5.91 Å². The van der Waals surface area contributed by atoms with Crippen LogP contribution in [0, 0.1) is 0 Å². The van der Waals surface area contributed by atoms with Gasteiger partial charge in [-0.2, -0.15) is 0 Å². The van der Waals surface area contributed by atoms with Crippen molar-refractivity contribution in [2.75, 3.05) is 13.6 Å². The Kier molecular flexibility index (Phi) is 10.2. The van der Waals surface area contributed by atoms with Crippen LogP contribution in [0.3, 0.4) is 0 Å². The lowest BCUT2D eigenvalue weighted by atomic mass is 10.0. The van der Waals surface area contributed by atoms with E-state index >= 15 is 0 Å². The molecule has 3 nitrogen and oxygen atoms in total. The summed E-state index contributed by atoms with van der Waals surface area (Å²) in [6.07, 6.45) is 5.79. The lowest BCUT2D eigenvalue weighted by Gasteiger charge is -2.05. The number of hydrogen-bond acceptors (Lipinski definition) is 2. The molecule has 0 aliphatic heterocycles. The Balaban J connectivity index is 0.00000324. The first-order valence-corrected chi connectivity index (χ1v) is 6.74. The third-order valence-corrected chi connectivity index (χ3v) is 3.06. The molecule has 108 valence electrons. The van der Waals surface area contributed by atoms with Crippen molar-refractivity contribution in [2.45, 2.75) is 38.5 Å². The van der Waals surface area contributed by atoms with Crippen molar-refractivity contribution in [3.8, 4) is 0 Å². The minimum absolute atomic E-state index is 0. The molecule has 0 aliphatic carbocycles. The molecule has 0 atom stereocenters. The highest BCUT2D eigenvalue weighted by atomic mass is 35.5. The van der Waals surface area contributed by atoms with Gasteiger partial charge in [0.15, 0.2) is 0 Å². The molecule has 4 heteroatoms. The molecule has 1 amide bonds. The number of benzene rings is 1. The molecule has 0 unspecified atom stereocenters. The molecule has 0 aromatic heterocycles. The fourth-order valence-corrected chi connectivity index (χ4v) is 1.99. The van der Waals surface area contributed by atoms with Gasteiger partial charge in [0.1, 0.15) is 0 Å². The summed E-state index contributed by atoms with van der Waals surface area (Å²) in [5, 5.41) is 2.65. The van der Waals surface area contributed by atoms with Gasteiger partial charge in [-0.1, -0.05) is 24.3 Å². The first-order chi connectivity index (χ1) is 8.76. The van der Waals surface area contributed by atoms with Gasteiger partial charge in [-0.15, -0.1) is 12.4 Å². The number of aryl methyl sites for hydroxylation is 2. The Labute approximate surface area is 122 Å². The normalized spacial score (nSPS) is 9.79. The Bertz CT molecular complexity index is 369. The molecule has 0 saturated carbocycles. The largest absolute Gasteiger partial charge is 0.359 e. The molecule has 0 spiro atoms.